The zero-order valence-electron chi connectivity index (χ0n) is 10.4. The number of carbonyl (C=O) groups excluding carboxylic acids is 1. The number of fused-ring (bicyclic) bond motifs is 1. The number of amides is 1. The third-order valence-corrected chi connectivity index (χ3v) is 3.31. The molecule has 2 heterocycles. The first-order valence-corrected chi connectivity index (χ1v) is 6.45. The fourth-order valence-electron chi connectivity index (χ4n) is 1.97. The highest BCUT2D eigenvalue weighted by Crippen LogP contribution is 2.36. The molecule has 1 aliphatic rings. The summed E-state index contributed by atoms with van der Waals surface area (Å²) in [5.74, 6) is -0.585. The number of rotatable bonds is 3. The number of carboxylic acid groups (broad SMARTS) is 1. The molecule has 0 saturated carbocycles. The van der Waals surface area contributed by atoms with E-state index in [1.165, 1.54) is 0 Å². The van der Waals surface area contributed by atoms with Crippen molar-refractivity contribution in [3.63, 3.8) is 0 Å². The van der Waals surface area contributed by atoms with Crippen molar-refractivity contribution < 1.29 is 19.4 Å². The monoisotopic (exact) mass is 328 g/mol. The van der Waals surface area contributed by atoms with E-state index >= 15 is 0 Å². The Morgan fingerprint density at radius 3 is 2.89 bits per heavy atom. The number of hydrogen-bond donors (Lipinski definition) is 2. The first kappa shape index (κ1) is 13.8. The number of aliphatic carboxylic acids is 1. The second-order valence-corrected chi connectivity index (χ2v) is 5.84. The molecule has 6 nitrogen and oxygen atoms in total. The summed E-state index contributed by atoms with van der Waals surface area (Å²) in [5, 5.41) is 11.5. The topological polar surface area (TPSA) is 88.5 Å². The van der Waals surface area contributed by atoms with Crippen molar-refractivity contribution in [2.45, 2.75) is 26.4 Å². The largest absolute Gasteiger partial charge is 0.481 e. The Labute approximate surface area is 118 Å². The molecule has 1 aromatic rings. The second kappa shape index (κ2) is 4.80. The molecule has 7 heteroatoms. The Hall–Kier alpha value is -1.63. The predicted octanol–water partition coefficient (Wildman–Crippen LogP) is 2.04. The van der Waals surface area contributed by atoms with Crippen molar-refractivity contribution in [1.82, 2.24) is 4.98 Å². The summed E-state index contributed by atoms with van der Waals surface area (Å²) in [6, 6.07) is 3.37. The molecule has 1 amide bonds. The molecule has 19 heavy (non-hydrogen) atoms. The van der Waals surface area contributed by atoms with Crippen LogP contribution in [0, 0.1) is 5.41 Å². The van der Waals surface area contributed by atoms with Gasteiger partial charge in [0.25, 0.3) is 5.91 Å². The number of pyridine rings is 1. The minimum absolute atomic E-state index is 0.162. The van der Waals surface area contributed by atoms with Crippen LogP contribution in [0.5, 0.6) is 5.75 Å². The zero-order chi connectivity index (χ0) is 14.2. The maximum Gasteiger partial charge on any atom is 0.304 e. The summed E-state index contributed by atoms with van der Waals surface area (Å²) in [6.45, 7) is 3.37. The summed E-state index contributed by atoms with van der Waals surface area (Å²) < 4.78 is 6.19. The molecule has 2 N–H and O–H groups in total. The molecule has 0 radical (unpaired) electrons. The maximum atomic E-state index is 12.0. The average molecular weight is 329 g/mol. The van der Waals surface area contributed by atoms with Crippen molar-refractivity contribution in [2.75, 3.05) is 5.32 Å². The molecule has 0 aliphatic carbocycles. The van der Waals surface area contributed by atoms with E-state index in [0.717, 1.165) is 0 Å². The molecular formula is C12H13BrN2O4. The fourth-order valence-corrected chi connectivity index (χ4v) is 2.28. The third-order valence-electron chi connectivity index (χ3n) is 2.87. The van der Waals surface area contributed by atoms with E-state index in [2.05, 4.69) is 26.2 Å². The van der Waals surface area contributed by atoms with E-state index in [9.17, 15) is 9.59 Å². The zero-order valence-corrected chi connectivity index (χ0v) is 12.0. The van der Waals surface area contributed by atoms with Crippen LogP contribution in [0.2, 0.25) is 0 Å². The number of aromatic nitrogens is 1. The molecule has 102 valence electrons. The molecule has 1 unspecified atom stereocenters. The molecule has 0 bridgehead atoms. The molecular weight excluding hydrogens is 316 g/mol. The first-order chi connectivity index (χ1) is 8.79. The number of ether oxygens (including phenoxy) is 1. The quantitative estimate of drug-likeness (QED) is 0.829. The van der Waals surface area contributed by atoms with Crippen molar-refractivity contribution in [3.05, 3.63) is 16.7 Å². The Balaban J connectivity index is 2.29. The Bertz CT molecular complexity index is 545. The van der Waals surface area contributed by atoms with Gasteiger partial charge < -0.3 is 15.2 Å². The second-order valence-electron chi connectivity index (χ2n) is 5.03. The number of halogens is 1. The van der Waals surface area contributed by atoms with Crippen molar-refractivity contribution >= 4 is 33.6 Å². The average Bonchev–Trinajstić information content (AvgIpc) is 2.25. The van der Waals surface area contributed by atoms with Gasteiger partial charge in [-0.3, -0.25) is 9.59 Å². The van der Waals surface area contributed by atoms with Crippen molar-refractivity contribution in [3.8, 4) is 5.75 Å². The van der Waals surface area contributed by atoms with Gasteiger partial charge in [0.05, 0.1) is 6.42 Å². The number of nitrogens with one attached hydrogen (secondary N) is 1. The lowest BCUT2D eigenvalue weighted by atomic mass is 9.82. The first-order valence-electron chi connectivity index (χ1n) is 5.65. The fraction of sp³-hybridized carbons (Fsp3) is 0.417. The van der Waals surface area contributed by atoms with E-state index in [-0.39, 0.29) is 12.3 Å². The Morgan fingerprint density at radius 2 is 2.26 bits per heavy atom. The highest BCUT2D eigenvalue weighted by molar-refractivity contribution is 9.10. The lowest BCUT2D eigenvalue weighted by Crippen LogP contribution is -2.48. The number of anilines is 1. The highest BCUT2D eigenvalue weighted by atomic mass is 79.9. The van der Waals surface area contributed by atoms with Gasteiger partial charge in [-0.15, -0.1) is 0 Å². The minimum atomic E-state index is -0.971. The van der Waals surface area contributed by atoms with E-state index in [4.69, 9.17) is 9.84 Å². The van der Waals surface area contributed by atoms with Crippen LogP contribution in [-0.4, -0.2) is 28.1 Å². The van der Waals surface area contributed by atoms with Crippen LogP contribution in [-0.2, 0) is 9.59 Å². The Morgan fingerprint density at radius 1 is 1.58 bits per heavy atom. The number of carboxylic acids is 1. The van der Waals surface area contributed by atoms with E-state index < -0.39 is 17.5 Å². The predicted molar refractivity (Wildman–Crippen MR) is 71.0 cm³/mol. The van der Waals surface area contributed by atoms with Gasteiger partial charge in [-0.05, 0) is 28.1 Å². The number of hydrogen-bond acceptors (Lipinski definition) is 4. The van der Waals surface area contributed by atoms with E-state index in [1.807, 2.05) is 0 Å². The van der Waals surface area contributed by atoms with Gasteiger partial charge in [0.2, 0.25) is 0 Å². The van der Waals surface area contributed by atoms with Gasteiger partial charge in [-0.2, -0.15) is 0 Å². The summed E-state index contributed by atoms with van der Waals surface area (Å²) >= 11 is 3.20. The lowest BCUT2D eigenvalue weighted by molar-refractivity contribution is -0.142. The Kier molecular flexibility index (Phi) is 3.49. The normalized spacial score (nSPS) is 18.3. The van der Waals surface area contributed by atoms with E-state index in [1.54, 1.807) is 26.0 Å². The smallest absolute Gasteiger partial charge is 0.304 e. The molecule has 1 atom stereocenters. The summed E-state index contributed by atoms with van der Waals surface area (Å²) in [4.78, 5) is 26.9. The van der Waals surface area contributed by atoms with Crippen LogP contribution >= 0.6 is 15.9 Å². The van der Waals surface area contributed by atoms with Crippen LogP contribution in [0.3, 0.4) is 0 Å². The van der Waals surface area contributed by atoms with Crippen LogP contribution in [0.15, 0.2) is 16.7 Å². The summed E-state index contributed by atoms with van der Waals surface area (Å²) in [7, 11) is 0. The van der Waals surface area contributed by atoms with Crippen LogP contribution in [0.1, 0.15) is 20.3 Å². The number of nitrogens with zero attached hydrogens (tertiary/aromatic N) is 1. The molecule has 0 fully saturated rings. The van der Waals surface area contributed by atoms with Gasteiger partial charge >= 0.3 is 5.97 Å². The molecule has 0 aromatic carbocycles. The number of carbonyl (C=O) groups is 2. The standard InChI is InChI=1S/C12H13BrN2O4/c1-12(2,5-8(16)17)9-11(18)15-10-6(19-9)3-4-7(13)14-10/h3-4,9H,5H2,1-2H3,(H,16,17)(H,14,15,18). The van der Waals surface area contributed by atoms with Crippen LogP contribution in [0.25, 0.3) is 0 Å². The van der Waals surface area contributed by atoms with Gasteiger partial charge in [0.1, 0.15) is 4.60 Å². The van der Waals surface area contributed by atoms with Gasteiger partial charge in [0.15, 0.2) is 17.7 Å². The molecule has 1 aliphatic heterocycles. The molecule has 0 saturated heterocycles. The van der Waals surface area contributed by atoms with Gasteiger partial charge in [-0.25, -0.2) is 4.98 Å². The van der Waals surface area contributed by atoms with Gasteiger partial charge in [0, 0.05) is 5.41 Å². The lowest BCUT2D eigenvalue weighted by Gasteiger charge is -2.35. The van der Waals surface area contributed by atoms with Crippen molar-refractivity contribution in [1.29, 1.82) is 0 Å². The van der Waals surface area contributed by atoms with Gasteiger partial charge in [-0.1, -0.05) is 13.8 Å². The molecule has 1 aromatic heterocycles. The molecule has 2 rings (SSSR count). The summed E-state index contributed by atoms with van der Waals surface area (Å²) in [6.07, 6.45) is -1.02. The van der Waals surface area contributed by atoms with Crippen LogP contribution < -0.4 is 10.1 Å². The van der Waals surface area contributed by atoms with E-state index in [0.29, 0.717) is 16.2 Å². The molecule has 0 spiro atoms. The third kappa shape index (κ3) is 2.86. The van der Waals surface area contributed by atoms with Crippen molar-refractivity contribution in [2.24, 2.45) is 5.41 Å². The maximum absolute atomic E-state index is 12.0. The summed E-state index contributed by atoms with van der Waals surface area (Å²) in [5.41, 5.74) is -0.819. The van der Waals surface area contributed by atoms with Crippen LogP contribution in [0.4, 0.5) is 5.82 Å². The minimum Gasteiger partial charge on any atom is -0.481 e. The SMILES string of the molecule is CC(C)(CC(=O)O)C1Oc2ccc(Br)nc2NC1=O. The highest BCUT2D eigenvalue weighted by Gasteiger charge is 2.42.